The van der Waals surface area contributed by atoms with Gasteiger partial charge < -0.3 is 9.32 Å². The van der Waals surface area contributed by atoms with Gasteiger partial charge in [0.05, 0.1) is 11.1 Å². The standard InChI is InChI=1S/C64H41NO/c1-2-14-42(15-3-1)43-26-28-44(29-27-43)45-30-34-49(35-31-45)65(50-36-32-46(33-37-50)59-40-47-16-4-6-18-51(47)53-20-8-10-22-55(53)59)61-39-38-57(64-63(61)58-24-12-13-25-62(58)66-64)60-41-48-17-5-7-19-52(48)54-21-9-11-23-56(54)60/h1-41H. The fraction of sp³-hybridized carbons (Fsp3) is 0. The lowest BCUT2D eigenvalue weighted by atomic mass is 9.92. The normalized spacial score (nSPS) is 11.6. The van der Waals surface area contributed by atoms with Crippen LogP contribution in [0.15, 0.2) is 253 Å². The average Bonchev–Trinajstić information content (AvgIpc) is 3.79. The van der Waals surface area contributed by atoms with E-state index in [1.807, 2.05) is 0 Å². The number of furan rings is 1. The zero-order valence-electron chi connectivity index (χ0n) is 36.0. The minimum atomic E-state index is 0.860. The summed E-state index contributed by atoms with van der Waals surface area (Å²) in [6, 6.07) is 90.1. The van der Waals surface area contributed by atoms with Crippen LogP contribution in [0.25, 0.3) is 110 Å². The molecule has 66 heavy (non-hydrogen) atoms. The minimum absolute atomic E-state index is 0.860. The molecule has 1 aromatic heterocycles. The Hall–Kier alpha value is -8.72. The van der Waals surface area contributed by atoms with Crippen molar-refractivity contribution >= 4 is 82.1 Å². The summed E-state index contributed by atoms with van der Waals surface area (Å²) in [5.41, 5.74) is 14.3. The van der Waals surface area contributed by atoms with E-state index in [0.717, 1.165) is 55.7 Å². The van der Waals surface area contributed by atoms with E-state index in [1.54, 1.807) is 0 Å². The molecule has 0 atom stereocenters. The summed E-state index contributed by atoms with van der Waals surface area (Å²) in [7, 11) is 0. The van der Waals surface area contributed by atoms with Crippen LogP contribution in [-0.4, -0.2) is 0 Å². The van der Waals surface area contributed by atoms with Gasteiger partial charge in [-0.2, -0.15) is 0 Å². The van der Waals surface area contributed by atoms with E-state index in [4.69, 9.17) is 4.42 Å². The van der Waals surface area contributed by atoms with Gasteiger partial charge in [-0.25, -0.2) is 0 Å². The molecule has 0 aliphatic heterocycles. The van der Waals surface area contributed by atoms with Crippen molar-refractivity contribution in [2.75, 3.05) is 4.90 Å². The lowest BCUT2D eigenvalue weighted by molar-refractivity contribution is 0.670. The Morgan fingerprint density at radius 2 is 0.697 bits per heavy atom. The zero-order chi connectivity index (χ0) is 43.6. The van der Waals surface area contributed by atoms with Crippen molar-refractivity contribution in [2.45, 2.75) is 0 Å². The molecule has 13 aromatic rings. The molecule has 0 aliphatic rings. The van der Waals surface area contributed by atoms with Crippen molar-refractivity contribution in [3.05, 3.63) is 249 Å². The molecule has 0 aliphatic carbocycles. The molecule has 0 spiro atoms. The second-order valence-corrected chi connectivity index (χ2v) is 17.2. The van der Waals surface area contributed by atoms with Crippen LogP contribution in [-0.2, 0) is 0 Å². The fourth-order valence-corrected chi connectivity index (χ4v) is 10.3. The van der Waals surface area contributed by atoms with Gasteiger partial charge in [0.25, 0.3) is 0 Å². The van der Waals surface area contributed by atoms with Gasteiger partial charge in [0.2, 0.25) is 0 Å². The summed E-state index contributed by atoms with van der Waals surface area (Å²) in [5, 5.41) is 12.1. The number of anilines is 3. The van der Waals surface area contributed by atoms with Crippen molar-refractivity contribution in [3.63, 3.8) is 0 Å². The maximum atomic E-state index is 7.01. The lowest BCUT2D eigenvalue weighted by Crippen LogP contribution is -2.10. The van der Waals surface area contributed by atoms with Crippen molar-refractivity contribution < 1.29 is 4.42 Å². The van der Waals surface area contributed by atoms with Gasteiger partial charge in [-0.1, -0.05) is 194 Å². The molecule has 2 nitrogen and oxygen atoms in total. The average molecular weight is 840 g/mol. The van der Waals surface area contributed by atoms with Crippen LogP contribution in [0.5, 0.6) is 0 Å². The maximum absolute atomic E-state index is 7.01. The van der Waals surface area contributed by atoms with Gasteiger partial charge in [-0.05, 0) is 137 Å². The van der Waals surface area contributed by atoms with Crippen LogP contribution >= 0.6 is 0 Å². The maximum Gasteiger partial charge on any atom is 0.145 e. The molecule has 0 saturated heterocycles. The second kappa shape index (κ2) is 15.5. The first-order valence-electron chi connectivity index (χ1n) is 22.7. The van der Waals surface area contributed by atoms with Gasteiger partial charge in [0.15, 0.2) is 0 Å². The first kappa shape index (κ1) is 37.8. The summed E-state index contributed by atoms with van der Waals surface area (Å²) in [6.45, 7) is 0. The Balaban J connectivity index is 0.998. The quantitative estimate of drug-likeness (QED) is 0.149. The first-order chi connectivity index (χ1) is 32.7. The number of fused-ring (bicyclic) bond motifs is 9. The van der Waals surface area contributed by atoms with Crippen LogP contribution in [0.2, 0.25) is 0 Å². The zero-order valence-corrected chi connectivity index (χ0v) is 36.0. The number of rotatable bonds is 7. The van der Waals surface area contributed by atoms with E-state index in [1.165, 1.54) is 70.9 Å². The number of nitrogens with zero attached hydrogens (tertiary/aromatic N) is 1. The number of para-hydroxylation sites is 1. The molecule has 0 saturated carbocycles. The van der Waals surface area contributed by atoms with E-state index in [-0.39, 0.29) is 0 Å². The third kappa shape index (κ3) is 6.26. The smallest absolute Gasteiger partial charge is 0.145 e. The number of benzene rings is 12. The molecule has 1 heterocycles. The van der Waals surface area contributed by atoms with Gasteiger partial charge in [-0.15, -0.1) is 0 Å². The molecule has 0 unspecified atom stereocenters. The monoisotopic (exact) mass is 839 g/mol. The predicted octanol–water partition coefficient (Wildman–Crippen LogP) is 18.3. The third-order valence-electron chi connectivity index (χ3n) is 13.5. The lowest BCUT2D eigenvalue weighted by Gasteiger charge is -2.27. The summed E-state index contributed by atoms with van der Waals surface area (Å²) < 4.78 is 7.01. The summed E-state index contributed by atoms with van der Waals surface area (Å²) in [5.74, 6) is 0. The largest absolute Gasteiger partial charge is 0.455 e. The van der Waals surface area contributed by atoms with Gasteiger partial charge >= 0.3 is 0 Å². The van der Waals surface area contributed by atoms with Crippen molar-refractivity contribution in [1.29, 1.82) is 0 Å². The fourth-order valence-electron chi connectivity index (χ4n) is 10.3. The Kier molecular flexibility index (Phi) is 8.89. The summed E-state index contributed by atoms with van der Waals surface area (Å²) in [6.07, 6.45) is 0. The van der Waals surface area contributed by atoms with Crippen LogP contribution in [0.3, 0.4) is 0 Å². The first-order valence-corrected chi connectivity index (χ1v) is 22.7. The Morgan fingerprint density at radius 3 is 1.29 bits per heavy atom. The molecule has 308 valence electrons. The topological polar surface area (TPSA) is 16.4 Å². The van der Waals surface area contributed by atoms with E-state index in [2.05, 4.69) is 254 Å². The molecule has 0 fully saturated rings. The molecular formula is C64H41NO. The van der Waals surface area contributed by atoms with E-state index < -0.39 is 0 Å². The molecule has 13 rings (SSSR count). The molecule has 2 heteroatoms. The molecule has 0 bridgehead atoms. The van der Waals surface area contributed by atoms with Gasteiger partial charge in [-0.3, -0.25) is 0 Å². The third-order valence-corrected chi connectivity index (χ3v) is 13.5. The van der Waals surface area contributed by atoms with Crippen molar-refractivity contribution in [3.8, 4) is 44.5 Å². The van der Waals surface area contributed by atoms with Gasteiger partial charge in [0.1, 0.15) is 11.2 Å². The molecule has 0 radical (unpaired) electrons. The number of hydrogen-bond donors (Lipinski definition) is 0. The summed E-state index contributed by atoms with van der Waals surface area (Å²) in [4.78, 5) is 2.40. The summed E-state index contributed by atoms with van der Waals surface area (Å²) >= 11 is 0. The highest BCUT2D eigenvalue weighted by atomic mass is 16.3. The Morgan fingerprint density at radius 1 is 0.273 bits per heavy atom. The van der Waals surface area contributed by atoms with Crippen molar-refractivity contribution in [1.82, 2.24) is 0 Å². The predicted molar refractivity (Wildman–Crippen MR) is 280 cm³/mol. The molecule has 0 N–H and O–H groups in total. The molecule has 12 aromatic carbocycles. The molecule has 0 amide bonds. The van der Waals surface area contributed by atoms with Crippen LogP contribution in [0.4, 0.5) is 17.1 Å². The van der Waals surface area contributed by atoms with Crippen LogP contribution < -0.4 is 4.90 Å². The van der Waals surface area contributed by atoms with Crippen LogP contribution in [0, 0.1) is 0 Å². The molecular weight excluding hydrogens is 799 g/mol. The van der Waals surface area contributed by atoms with E-state index >= 15 is 0 Å². The van der Waals surface area contributed by atoms with Crippen LogP contribution in [0.1, 0.15) is 0 Å². The highest BCUT2D eigenvalue weighted by molar-refractivity contribution is 6.21. The number of hydrogen-bond acceptors (Lipinski definition) is 2. The van der Waals surface area contributed by atoms with E-state index in [9.17, 15) is 0 Å². The highest BCUT2D eigenvalue weighted by Gasteiger charge is 2.24. The van der Waals surface area contributed by atoms with Crippen molar-refractivity contribution in [2.24, 2.45) is 0 Å². The highest BCUT2D eigenvalue weighted by Crippen LogP contribution is 2.48. The Labute approximate surface area is 382 Å². The van der Waals surface area contributed by atoms with E-state index in [0.29, 0.717) is 0 Å². The van der Waals surface area contributed by atoms with Gasteiger partial charge in [0, 0.05) is 22.3 Å². The SMILES string of the molecule is c1ccc(-c2ccc(-c3ccc(N(c4ccc(-c5cc6ccccc6c6ccccc56)cc4)c4ccc(-c5cc6ccccc6c6ccccc56)c5oc6ccccc6c45)cc3)cc2)cc1. The Bertz CT molecular complexity index is 3960. The second-order valence-electron chi connectivity index (χ2n) is 17.2. The minimum Gasteiger partial charge on any atom is -0.455 e.